The van der Waals surface area contributed by atoms with E-state index in [2.05, 4.69) is 38.1 Å². The van der Waals surface area contributed by atoms with Gasteiger partial charge in [0.15, 0.2) is 0 Å². The van der Waals surface area contributed by atoms with Crippen molar-refractivity contribution in [2.75, 3.05) is 7.11 Å². The van der Waals surface area contributed by atoms with Gasteiger partial charge >= 0.3 is 0 Å². The van der Waals surface area contributed by atoms with Crippen molar-refractivity contribution in [2.24, 2.45) is 17.3 Å². The van der Waals surface area contributed by atoms with Gasteiger partial charge in [-0.2, -0.15) is 0 Å². The number of methoxy groups -OCH3 is 1. The molecule has 2 heteroatoms. The summed E-state index contributed by atoms with van der Waals surface area (Å²) in [6.45, 7) is 4.60. The number of fused-ring (bicyclic) bond motifs is 5. The summed E-state index contributed by atoms with van der Waals surface area (Å²) < 4.78 is 5.46. The molecule has 0 spiro atoms. The maximum atomic E-state index is 10.7. The molecular weight excluding hydrogens is 296 g/mol. The van der Waals surface area contributed by atoms with Crippen molar-refractivity contribution < 1.29 is 9.84 Å². The van der Waals surface area contributed by atoms with Gasteiger partial charge in [0.25, 0.3) is 0 Å². The van der Waals surface area contributed by atoms with Crippen LogP contribution in [0.3, 0.4) is 0 Å². The average Bonchev–Trinajstić information content (AvgIpc) is 2.97. The lowest BCUT2D eigenvalue weighted by Crippen LogP contribution is -2.44. The van der Waals surface area contributed by atoms with Gasteiger partial charge in [-0.05, 0) is 73.1 Å². The molecule has 0 aliphatic heterocycles. The maximum absolute atomic E-state index is 10.7. The van der Waals surface area contributed by atoms with Gasteiger partial charge in [-0.25, -0.2) is 0 Å². The van der Waals surface area contributed by atoms with Gasteiger partial charge in [0.1, 0.15) is 5.75 Å². The molecule has 4 rings (SSSR count). The Bertz CT molecular complexity index is 662. The Kier molecular flexibility index (Phi) is 3.99. The van der Waals surface area contributed by atoms with Crippen LogP contribution in [0.25, 0.3) is 0 Å². The normalized spacial score (nSPS) is 37.2. The van der Waals surface area contributed by atoms with Crippen molar-refractivity contribution in [3.05, 3.63) is 41.0 Å². The van der Waals surface area contributed by atoms with E-state index in [4.69, 9.17) is 4.74 Å². The lowest BCUT2D eigenvalue weighted by Gasteiger charge is -2.51. The highest BCUT2D eigenvalue weighted by atomic mass is 16.5. The van der Waals surface area contributed by atoms with E-state index in [1.807, 2.05) is 0 Å². The number of aliphatic hydroxyl groups excluding tert-OH is 1. The van der Waals surface area contributed by atoms with Gasteiger partial charge in [-0.15, -0.1) is 0 Å². The van der Waals surface area contributed by atoms with Crippen molar-refractivity contribution >= 4 is 0 Å². The van der Waals surface area contributed by atoms with Crippen molar-refractivity contribution in [3.8, 4) is 5.75 Å². The smallest absolute Gasteiger partial charge is 0.119 e. The van der Waals surface area contributed by atoms with Crippen molar-refractivity contribution in [1.29, 1.82) is 0 Å². The van der Waals surface area contributed by atoms with E-state index in [-0.39, 0.29) is 11.5 Å². The average molecular weight is 326 g/mol. The van der Waals surface area contributed by atoms with Crippen LogP contribution in [-0.2, 0) is 6.42 Å². The second-order valence-electron chi connectivity index (χ2n) is 8.03. The zero-order valence-corrected chi connectivity index (χ0v) is 15.2. The third-order valence-corrected chi connectivity index (χ3v) is 7.36. The summed E-state index contributed by atoms with van der Waals surface area (Å²) in [6, 6.07) is 6.69. The molecule has 1 aromatic rings. The zero-order valence-electron chi connectivity index (χ0n) is 15.2. The Labute approximate surface area is 145 Å². The standard InChI is InChI=1S/C22H30O2/c1-4-14-12-15-13-16(24-3)6-7-17(15)18-10-11-22(5-2)19(21(14)18)8-9-20(22)23/h6-8,13-14,18,20-21,23H,4-5,9-12H2,1-3H3/t14-,18-,20+,21-,22?/m1/s1. The molecule has 3 aliphatic carbocycles. The molecule has 5 atom stereocenters. The van der Waals surface area contributed by atoms with Crippen molar-refractivity contribution in [1.82, 2.24) is 0 Å². The van der Waals surface area contributed by atoms with Crippen LogP contribution < -0.4 is 4.74 Å². The highest BCUT2D eigenvalue weighted by Gasteiger charge is 2.53. The molecule has 1 aromatic carbocycles. The van der Waals surface area contributed by atoms with E-state index in [9.17, 15) is 5.11 Å². The second-order valence-corrected chi connectivity index (χ2v) is 8.03. The van der Waals surface area contributed by atoms with Crippen LogP contribution in [0.5, 0.6) is 5.75 Å². The molecule has 2 nitrogen and oxygen atoms in total. The summed E-state index contributed by atoms with van der Waals surface area (Å²) in [7, 11) is 1.76. The summed E-state index contributed by atoms with van der Waals surface area (Å²) in [4.78, 5) is 0. The minimum absolute atomic E-state index is 0.0680. The molecule has 0 saturated heterocycles. The van der Waals surface area contributed by atoms with E-state index >= 15 is 0 Å². The fraction of sp³-hybridized carbons (Fsp3) is 0.636. The number of hydrogen-bond donors (Lipinski definition) is 1. The Hall–Kier alpha value is -1.28. The molecule has 1 N–H and O–H groups in total. The SMILES string of the molecule is CC[C@@H]1Cc2cc(OC)ccc2[C@H]2CCC3(CC)C(=CC[C@@H]3O)[C@H]12. The van der Waals surface area contributed by atoms with Crippen LogP contribution in [0, 0.1) is 17.3 Å². The Morgan fingerprint density at radius 1 is 1.29 bits per heavy atom. The summed E-state index contributed by atoms with van der Waals surface area (Å²) in [5.74, 6) is 2.93. The van der Waals surface area contributed by atoms with Crippen molar-refractivity contribution in [2.45, 2.75) is 64.4 Å². The predicted octanol–water partition coefficient (Wildman–Crippen LogP) is 4.86. The number of benzene rings is 1. The van der Waals surface area contributed by atoms with Gasteiger partial charge in [-0.3, -0.25) is 0 Å². The van der Waals surface area contributed by atoms with Gasteiger partial charge < -0.3 is 9.84 Å². The third-order valence-electron chi connectivity index (χ3n) is 7.36. The van der Waals surface area contributed by atoms with E-state index < -0.39 is 0 Å². The maximum Gasteiger partial charge on any atom is 0.119 e. The minimum atomic E-state index is -0.159. The molecule has 1 saturated carbocycles. The quantitative estimate of drug-likeness (QED) is 0.804. The van der Waals surface area contributed by atoms with Crippen LogP contribution in [0.4, 0.5) is 0 Å². The van der Waals surface area contributed by atoms with E-state index in [1.54, 1.807) is 12.7 Å². The molecule has 0 aromatic heterocycles. The lowest BCUT2D eigenvalue weighted by atomic mass is 9.53. The number of ether oxygens (including phenoxy) is 1. The summed E-state index contributed by atoms with van der Waals surface area (Å²) in [5, 5.41) is 10.7. The molecule has 0 radical (unpaired) electrons. The molecule has 1 unspecified atom stereocenters. The molecule has 1 fully saturated rings. The largest absolute Gasteiger partial charge is 0.497 e. The van der Waals surface area contributed by atoms with Gasteiger partial charge in [0.2, 0.25) is 0 Å². The lowest BCUT2D eigenvalue weighted by molar-refractivity contribution is 0.0237. The topological polar surface area (TPSA) is 29.5 Å². The number of rotatable bonds is 3. The Morgan fingerprint density at radius 3 is 2.83 bits per heavy atom. The van der Waals surface area contributed by atoms with Crippen LogP contribution in [-0.4, -0.2) is 18.3 Å². The van der Waals surface area contributed by atoms with E-state index in [1.165, 1.54) is 24.0 Å². The zero-order chi connectivity index (χ0) is 16.9. The molecule has 0 bridgehead atoms. The monoisotopic (exact) mass is 326 g/mol. The number of hydrogen-bond acceptors (Lipinski definition) is 2. The Morgan fingerprint density at radius 2 is 2.12 bits per heavy atom. The molecule has 24 heavy (non-hydrogen) atoms. The van der Waals surface area contributed by atoms with Crippen LogP contribution in [0.2, 0.25) is 0 Å². The van der Waals surface area contributed by atoms with Gasteiger partial charge in [-0.1, -0.05) is 38.0 Å². The number of aliphatic hydroxyl groups is 1. The van der Waals surface area contributed by atoms with E-state index in [0.29, 0.717) is 17.8 Å². The predicted molar refractivity (Wildman–Crippen MR) is 97.4 cm³/mol. The molecule has 3 aliphatic rings. The first kappa shape index (κ1) is 16.2. The first-order chi connectivity index (χ1) is 11.6. The minimum Gasteiger partial charge on any atom is -0.497 e. The van der Waals surface area contributed by atoms with Crippen LogP contribution in [0.15, 0.2) is 29.8 Å². The first-order valence-corrected chi connectivity index (χ1v) is 9.70. The molecule has 0 heterocycles. The van der Waals surface area contributed by atoms with Crippen LogP contribution in [0.1, 0.15) is 63.0 Å². The highest BCUT2D eigenvalue weighted by molar-refractivity contribution is 5.44. The van der Waals surface area contributed by atoms with E-state index in [0.717, 1.165) is 31.4 Å². The van der Waals surface area contributed by atoms with Gasteiger partial charge in [0, 0.05) is 5.41 Å². The van der Waals surface area contributed by atoms with Crippen molar-refractivity contribution in [3.63, 3.8) is 0 Å². The fourth-order valence-corrected chi connectivity index (χ4v) is 6.05. The highest BCUT2D eigenvalue weighted by Crippen LogP contribution is 2.61. The first-order valence-electron chi connectivity index (χ1n) is 9.70. The second kappa shape index (κ2) is 5.91. The molecule has 0 amide bonds. The Balaban J connectivity index is 1.78. The summed E-state index contributed by atoms with van der Waals surface area (Å²) >= 11 is 0. The van der Waals surface area contributed by atoms with Gasteiger partial charge in [0.05, 0.1) is 13.2 Å². The summed E-state index contributed by atoms with van der Waals surface area (Å²) in [6.07, 6.45) is 8.90. The molecule has 130 valence electrons. The molecular formula is C22H30O2. The van der Waals surface area contributed by atoms with Crippen LogP contribution >= 0.6 is 0 Å². The fourth-order valence-electron chi connectivity index (χ4n) is 6.05. The third kappa shape index (κ3) is 2.12. The summed E-state index contributed by atoms with van der Waals surface area (Å²) in [5.41, 5.74) is 4.70.